The highest BCUT2D eigenvalue weighted by Gasteiger charge is 2.15. The summed E-state index contributed by atoms with van der Waals surface area (Å²) in [6.45, 7) is 2.69. The minimum atomic E-state index is -0.0999. The summed E-state index contributed by atoms with van der Waals surface area (Å²) in [5.41, 5.74) is 2.59. The van der Waals surface area contributed by atoms with Crippen LogP contribution < -0.4 is 10.2 Å². The molecule has 0 bridgehead atoms. The Morgan fingerprint density at radius 2 is 2.09 bits per heavy atom. The first-order valence-corrected chi connectivity index (χ1v) is 7.76. The van der Waals surface area contributed by atoms with Crippen molar-refractivity contribution in [3.8, 4) is 0 Å². The van der Waals surface area contributed by atoms with Crippen LogP contribution in [-0.2, 0) is 7.05 Å². The van der Waals surface area contributed by atoms with E-state index in [1.165, 1.54) is 0 Å². The second kappa shape index (κ2) is 7.78. The molecule has 0 aliphatic carbocycles. The molecule has 23 heavy (non-hydrogen) atoms. The van der Waals surface area contributed by atoms with Crippen LogP contribution >= 0.6 is 0 Å². The molecule has 2 N–H and O–H groups in total. The van der Waals surface area contributed by atoms with Crippen LogP contribution in [0.5, 0.6) is 0 Å². The normalized spacial score (nSPS) is 12.0. The molecule has 0 saturated carbocycles. The van der Waals surface area contributed by atoms with Gasteiger partial charge in [0.2, 0.25) is 0 Å². The molecule has 0 spiro atoms. The van der Waals surface area contributed by atoms with E-state index in [4.69, 9.17) is 5.11 Å². The molecule has 6 nitrogen and oxygen atoms in total. The van der Waals surface area contributed by atoms with Crippen molar-refractivity contribution in [2.45, 2.75) is 19.4 Å². The summed E-state index contributed by atoms with van der Waals surface area (Å²) in [7, 11) is 3.76. The summed E-state index contributed by atoms with van der Waals surface area (Å²) in [6, 6.07) is 7.32. The van der Waals surface area contributed by atoms with Crippen LogP contribution in [0.4, 0.5) is 5.69 Å². The van der Waals surface area contributed by atoms with Gasteiger partial charge in [-0.15, -0.1) is 0 Å². The molecule has 2 rings (SSSR count). The quantitative estimate of drug-likeness (QED) is 0.816. The van der Waals surface area contributed by atoms with Crippen molar-refractivity contribution in [2.75, 3.05) is 25.1 Å². The van der Waals surface area contributed by atoms with Crippen LogP contribution in [0.3, 0.4) is 0 Å². The highest BCUT2D eigenvalue weighted by Crippen LogP contribution is 2.18. The second-order valence-corrected chi connectivity index (χ2v) is 5.57. The van der Waals surface area contributed by atoms with Crippen LogP contribution in [0.25, 0.3) is 0 Å². The maximum atomic E-state index is 12.4. The lowest BCUT2D eigenvalue weighted by Gasteiger charge is -2.19. The van der Waals surface area contributed by atoms with Gasteiger partial charge >= 0.3 is 0 Å². The van der Waals surface area contributed by atoms with Crippen molar-refractivity contribution in [1.29, 1.82) is 0 Å². The minimum absolute atomic E-state index is 0.0482. The standard InChI is InChI=1S/C17H24N4O2/c1-4-16(14-11-18-21(3)12-14)19-17(23)13-5-7-15(8-6-13)20(2)9-10-22/h5-8,11-12,16,22H,4,9-10H2,1-3H3,(H,19,23). The zero-order valence-electron chi connectivity index (χ0n) is 13.9. The number of hydrogen-bond donors (Lipinski definition) is 2. The van der Waals surface area contributed by atoms with Crippen molar-refractivity contribution >= 4 is 11.6 Å². The third-order valence-corrected chi connectivity index (χ3v) is 3.85. The number of aryl methyl sites for hydroxylation is 1. The van der Waals surface area contributed by atoms with Gasteiger partial charge in [0.1, 0.15) is 0 Å². The SMILES string of the molecule is CCC(NC(=O)c1ccc(N(C)CCO)cc1)c1cnn(C)c1. The highest BCUT2D eigenvalue weighted by molar-refractivity contribution is 5.94. The first-order valence-electron chi connectivity index (χ1n) is 7.76. The Kier molecular flexibility index (Phi) is 5.76. The van der Waals surface area contributed by atoms with Gasteiger partial charge in [-0.1, -0.05) is 6.92 Å². The molecule has 0 aliphatic heterocycles. The van der Waals surface area contributed by atoms with E-state index >= 15 is 0 Å². The highest BCUT2D eigenvalue weighted by atomic mass is 16.3. The lowest BCUT2D eigenvalue weighted by Crippen LogP contribution is -2.28. The van der Waals surface area contributed by atoms with Crippen LogP contribution in [0, 0.1) is 0 Å². The second-order valence-electron chi connectivity index (χ2n) is 5.57. The molecule has 0 aliphatic rings. The first kappa shape index (κ1) is 17.0. The topological polar surface area (TPSA) is 70.4 Å². The number of nitrogens with one attached hydrogen (secondary N) is 1. The Morgan fingerprint density at radius 3 is 2.61 bits per heavy atom. The maximum absolute atomic E-state index is 12.4. The zero-order chi connectivity index (χ0) is 16.8. The van der Waals surface area contributed by atoms with E-state index in [0.717, 1.165) is 17.7 Å². The molecule has 1 aromatic heterocycles. The number of carbonyl (C=O) groups is 1. The van der Waals surface area contributed by atoms with Crippen molar-refractivity contribution in [3.05, 3.63) is 47.8 Å². The lowest BCUT2D eigenvalue weighted by molar-refractivity contribution is 0.0935. The average molecular weight is 316 g/mol. The summed E-state index contributed by atoms with van der Waals surface area (Å²) < 4.78 is 1.73. The fourth-order valence-electron chi connectivity index (χ4n) is 2.43. The number of aromatic nitrogens is 2. The number of rotatable bonds is 7. The van der Waals surface area contributed by atoms with Crippen LogP contribution in [0.2, 0.25) is 0 Å². The number of nitrogens with zero attached hydrogens (tertiary/aromatic N) is 3. The molecule has 1 aromatic carbocycles. The van der Waals surface area contributed by atoms with Gasteiger partial charge in [0.05, 0.1) is 18.8 Å². The Hall–Kier alpha value is -2.34. The summed E-state index contributed by atoms with van der Waals surface area (Å²) >= 11 is 0. The molecule has 0 radical (unpaired) electrons. The van der Waals surface area contributed by atoms with Gasteiger partial charge in [0.15, 0.2) is 0 Å². The predicted molar refractivity (Wildman–Crippen MR) is 90.5 cm³/mol. The summed E-state index contributed by atoms with van der Waals surface area (Å²) in [5, 5.41) is 16.2. The third-order valence-electron chi connectivity index (χ3n) is 3.85. The van der Waals surface area contributed by atoms with Gasteiger partial charge in [-0.05, 0) is 30.7 Å². The van der Waals surface area contributed by atoms with E-state index in [0.29, 0.717) is 12.1 Å². The molecule has 1 amide bonds. The Bertz CT molecular complexity index is 636. The predicted octanol–water partition coefficient (Wildman–Crippen LogP) is 1.73. The fourth-order valence-corrected chi connectivity index (χ4v) is 2.43. The largest absolute Gasteiger partial charge is 0.395 e. The number of likely N-dealkylation sites (N-methyl/N-ethyl adjacent to an activating group) is 1. The molecule has 1 atom stereocenters. The monoisotopic (exact) mass is 316 g/mol. The van der Waals surface area contributed by atoms with Gasteiger partial charge in [-0.2, -0.15) is 5.10 Å². The molecule has 1 heterocycles. The summed E-state index contributed by atoms with van der Waals surface area (Å²) in [4.78, 5) is 14.3. The van der Waals surface area contributed by atoms with Gasteiger partial charge in [0.25, 0.3) is 5.91 Å². The van der Waals surface area contributed by atoms with Crippen LogP contribution in [0.15, 0.2) is 36.7 Å². The average Bonchev–Trinajstić information content (AvgIpc) is 2.99. The Balaban J connectivity index is 2.05. The number of hydrogen-bond acceptors (Lipinski definition) is 4. The molecule has 6 heteroatoms. The number of amides is 1. The number of aliphatic hydroxyl groups excluding tert-OH is 1. The van der Waals surface area contributed by atoms with Gasteiger partial charge in [0, 0.05) is 43.7 Å². The fraction of sp³-hybridized carbons (Fsp3) is 0.412. The number of carbonyl (C=O) groups excluding carboxylic acids is 1. The summed E-state index contributed by atoms with van der Waals surface area (Å²) in [5.74, 6) is -0.0999. The van der Waals surface area contributed by atoms with E-state index in [2.05, 4.69) is 10.4 Å². The van der Waals surface area contributed by atoms with E-state index in [1.54, 1.807) is 23.0 Å². The lowest BCUT2D eigenvalue weighted by atomic mass is 10.1. The number of aliphatic hydroxyl groups is 1. The zero-order valence-corrected chi connectivity index (χ0v) is 13.9. The van der Waals surface area contributed by atoms with E-state index in [-0.39, 0.29) is 18.6 Å². The number of anilines is 1. The third kappa shape index (κ3) is 4.32. The van der Waals surface area contributed by atoms with E-state index in [9.17, 15) is 4.79 Å². The van der Waals surface area contributed by atoms with Crippen LogP contribution in [-0.4, -0.2) is 41.0 Å². The molecule has 2 aromatic rings. The maximum Gasteiger partial charge on any atom is 0.251 e. The van der Waals surface area contributed by atoms with Gasteiger partial charge < -0.3 is 15.3 Å². The van der Waals surface area contributed by atoms with Crippen LogP contribution in [0.1, 0.15) is 35.3 Å². The molecule has 0 saturated heterocycles. The van der Waals surface area contributed by atoms with Gasteiger partial charge in [-0.3, -0.25) is 9.48 Å². The molecule has 124 valence electrons. The smallest absolute Gasteiger partial charge is 0.251 e. The van der Waals surface area contributed by atoms with E-state index < -0.39 is 0 Å². The van der Waals surface area contributed by atoms with Gasteiger partial charge in [-0.25, -0.2) is 0 Å². The van der Waals surface area contributed by atoms with Crippen molar-refractivity contribution in [3.63, 3.8) is 0 Å². The minimum Gasteiger partial charge on any atom is -0.395 e. The number of benzene rings is 1. The molecular formula is C17H24N4O2. The molecule has 1 unspecified atom stereocenters. The van der Waals surface area contributed by atoms with Crippen molar-refractivity contribution < 1.29 is 9.90 Å². The summed E-state index contributed by atoms with van der Waals surface area (Å²) in [6.07, 6.45) is 4.50. The Morgan fingerprint density at radius 1 is 1.39 bits per heavy atom. The van der Waals surface area contributed by atoms with Crippen molar-refractivity contribution in [2.24, 2.45) is 7.05 Å². The van der Waals surface area contributed by atoms with E-state index in [1.807, 2.05) is 44.2 Å². The molecule has 0 fully saturated rings. The molecular weight excluding hydrogens is 292 g/mol. The van der Waals surface area contributed by atoms with Crippen molar-refractivity contribution in [1.82, 2.24) is 15.1 Å². The first-order chi connectivity index (χ1) is 11.0. The Labute approximate surface area is 136 Å².